The van der Waals surface area contributed by atoms with Gasteiger partial charge in [0.2, 0.25) is 11.8 Å². The smallest absolute Gasteiger partial charge is 0.240 e. The zero-order valence-electron chi connectivity index (χ0n) is 11.6. The summed E-state index contributed by atoms with van der Waals surface area (Å²) in [6.45, 7) is 7.00. The van der Waals surface area contributed by atoms with Crippen LogP contribution in [0.25, 0.3) is 0 Å². The lowest BCUT2D eigenvalue weighted by atomic mass is 10.0. The average Bonchev–Trinajstić information content (AvgIpc) is 2.38. The molecule has 1 unspecified atom stereocenters. The van der Waals surface area contributed by atoms with E-state index in [1.165, 1.54) is 19.3 Å². The van der Waals surface area contributed by atoms with E-state index in [1.807, 2.05) is 13.0 Å². The molecule has 18 heavy (non-hydrogen) atoms. The summed E-state index contributed by atoms with van der Waals surface area (Å²) in [6, 6.07) is 1.83. The van der Waals surface area contributed by atoms with Crippen molar-refractivity contribution < 1.29 is 4.74 Å². The van der Waals surface area contributed by atoms with Crippen molar-refractivity contribution in [2.75, 3.05) is 12.0 Å². The lowest BCUT2D eigenvalue weighted by molar-refractivity contribution is 0.225. The van der Waals surface area contributed by atoms with Gasteiger partial charge >= 0.3 is 0 Å². The predicted molar refractivity (Wildman–Crippen MR) is 73.4 cm³/mol. The van der Waals surface area contributed by atoms with E-state index in [0.29, 0.717) is 24.4 Å². The second-order valence-corrected chi connectivity index (χ2v) is 4.54. The molecule has 0 saturated heterocycles. The monoisotopic (exact) mass is 252 g/mol. The van der Waals surface area contributed by atoms with Crippen molar-refractivity contribution >= 4 is 5.95 Å². The molecule has 3 N–H and O–H groups in total. The van der Waals surface area contributed by atoms with E-state index in [9.17, 15) is 0 Å². The number of aromatic nitrogens is 2. The van der Waals surface area contributed by atoms with Crippen LogP contribution in [0.1, 0.15) is 45.2 Å². The Bertz CT molecular complexity index is 357. The molecule has 5 nitrogen and oxygen atoms in total. The third kappa shape index (κ3) is 4.87. The Morgan fingerprint density at radius 3 is 2.78 bits per heavy atom. The molecule has 0 aromatic carbocycles. The van der Waals surface area contributed by atoms with Crippen LogP contribution in [0.3, 0.4) is 0 Å². The van der Waals surface area contributed by atoms with Crippen molar-refractivity contribution in [2.45, 2.75) is 46.5 Å². The molecule has 1 heterocycles. The van der Waals surface area contributed by atoms with Crippen LogP contribution in [0.4, 0.5) is 5.95 Å². The fourth-order valence-electron chi connectivity index (χ4n) is 1.78. The van der Waals surface area contributed by atoms with Crippen molar-refractivity contribution in [1.29, 1.82) is 0 Å². The van der Waals surface area contributed by atoms with Gasteiger partial charge in [0.25, 0.3) is 0 Å². The molecule has 0 saturated carbocycles. The SMILES string of the molecule is CCCCC(CC)COc1cc(C)nc(NN)n1. The standard InChI is InChI=1S/C13H24N4O/c1-4-6-7-11(5-2)9-18-12-8-10(3)15-13(16-12)17-14/h8,11H,4-7,9,14H2,1-3H3,(H,15,16,17). The molecule has 0 radical (unpaired) electrons. The molecule has 0 fully saturated rings. The number of nitrogens with zero attached hydrogens (tertiary/aromatic N) is 2. The summed E-state index contributed by atoms with van der Waals surface area (Å²) in [4.78, 5) is 8.29. The maximum atomic E-state index is 5.73. The first-order chi connectivity index (χ1) is 8.69. The molecule has 0 aliphatic carbocycles. The summed E-state index contributed by atoms with van der Waals surface area (Å²) in [5.41, 5.74) is 3.28. The molecule has 0 amide bonds. The number of aryl methyl sites for hydroxylation is 1. The number of nitrogens with one attached hydrogen (secondary N) is 1. The van der Waals surface area contributed by atoms with Gasteiger partial charge in [-0.2, -0.15) is 4.98 Å². The van der Waals surface area contributed by atoms with Gasteiger partial charge in [0.15, 0.2) is 0 Å². The fourth-order valence-corrected chi connectivity index (χ4v) is 1.78. The second kappa shape index (κ2) is 7.87. The Morgan fingerprint density at radius 1 is 1.39 bits per heavy atom. The van der Waals surface area contributed by atoms with E-state index in [1.54, 1.807) is 0 Å². The summed E-state index contributed by atoms with van der Waals surface area (Å²) >= 11 is 0. The van der Waals surface area contributed by atoms with Crippen LogP contribution in [0.5, 0.6) is 5.88 Å². The zero-order valence-corrected chi connectivity index (χ0v) is 11.6. The number of hydrazine groups is 1. The van der Waals surface area contributed by atoms with Crippen LogP contribution in [-0.4, -0.2) is 16.6 Å². The minimum absolute atomic E-state index is 0.395. The van der Waals surface area contributed by atoms with Crippen LogP contribution < -0.4 is 16.0 Å². The number of hydrogen-bond acceptors (Lipinski definition) is 5. The van der Waals surface area contributed by atoms with Crippen molar-refractivity contribution in [3.63, 3.8) is 0 Å². The maximum absolute atomic E-state index is 5.73. The number of unbranched alkanes of at least 4 members (excludes halogenated alkanes) is 1. The van der Waals surface area contributed by atoms with Crippen molar-refractivity contribution in [3.8, 4) is 5.88 Å². The third-order valence-electron chi connectivity index (χ3n) is 2.97. The van der Waals surface area contributed by atoms with Gasteiger partial charge in [-0.3, -0.25) is 5.43 Å². The van der Waals surface area contributed by atoms with Crippen LogP contribution >= 0.6 is 0 Å². The predicted octanol–water partition coefficient (Wildman–Crippen LogP) is 2.67. The average molecular weight is 252 g/mol. The Balaban J connectivity index is 2.53. The number of rotatable bonds is 8. The Hall–Kier alpha value is -1.36. The highest BCUT2D eigenvalue weighted by atomic mass is 16.5. The number of nitrogen functional groups attached to an aromatic ring is 1. The van der Waals surface area contributed by atoms with Gasteiger partial charge in [0.1, 0.15) is 0 Å². The summed E-state index contributed by atoms with van der Waals surface area (Å²) in [5, 5.41) is 0. The quantitative estimate of drug-likeness (QED) is 0.549. The van der Waals surface area contributed by atoms with E-state index in [2.05, 4.69) is 29.2 Å². The molecule has 0 aliphatic heterocycles. The molecule has 1 rings (SSSR count). The van der Waals surface area contributed by atoms with Gasteiger partial charge in [0.05, 0.1) is 6.61 Å². The van der Waals surface area contributed by atoms with Gasteiger partial charge in [-0.05, 0) is 19.3 Å². The summed E-state index contributed by atoms with van der Waals surface area (Å²) in [6.07, 6.45) is 4.82. The lowest BCUT2D eigenvalue weighted by Gasteiger charge is -2.15. The number of anilines is 1. The molecule has 1 aromatic heterocycles. The van der Waals surface area contributed by atoms with Crippen molar-refractivity contribution in [1.82, 2.24) is 9.97 Å². The first kappa shape index (κ1) is 14.7. The minimum Gasteiger partial charge on any atom is -0.477 e. The second-order valence-electron chi connectivity index (χ2n) is 4.54. The van der Waals surface area contributed by atoms with Gasteiger partial charge in [-0.25, -0.2) is 10.8 Å². The summed E-state index contributed by atoms with van der Waals surface area (Å²) < 4.78 is 5.73. The van der Waals surface area contributed by atoms with Gasteiger partial charge in [-0.1, -0.05) is 33.1 Å². The van der Waals surface area contributed by atoms with E-state index in [4.69, 9.17) is 10.6 Å². The number of nitrogens with two attached hydrogens (primary N) is 1. The number of ether oxygens (including phenoxy) is 1. The van der Waals surface area contributed by atoms with Crippen molar-refractivity contribution in [2.24, 2.45) is 11.8 Å². The maximum Gasteiger partial charge on any atom is 0.240 e. The summed E-state index contributed by atoms with van der Waals surface area (Å²) in [7, 11) is 0. The van der Waals surface area contributed by atoms with Gasteiger partial charge in [-0.15, -0.1) is 0 Å². The highest BCUT2D eigenvalue weighted by molar-refractivity contribution is 5.28. The van der Waals surface area contributed by atoms with E-state index < -0.39 is 0 Å². The highest BCUT2D eigenvalue weighted by Crippen LogP contribution is 2.16. The largest absolute Gasteiger partial charge is 0.477 e. The molecule has 0 aliphatic rings. The summed E-state index contributed by atoms with van der Waals surface area (Å²) in [5.74, 6) is 6.88. The molecule has 102 valence electrons. The topological polar surface area (TPSA) is 73.1 Å². The van der Waals surface area contributed by atoms with E-state index >= 15 is 0 Å². The lowest BCUT2D eigenvalue weighted by Crippen LogP contribution is -2.14. The molecular weight excluding hydrogens is 228 g/mol. The highest BCUT2D eigenvalue weighted by Gasteiger charge is 2.08. The third-order valence-corrected chi connectivity index (χ3v) is 2.97. The number of hydrogen-bond donors (Lipinski definition) is 2. The molecule has 0 bridgehead atoms. The molecule has 0 spiro atoms. The van der Waals surface area contributed by atoms with Crippen LogP contribution in [0.2, 0.25) is 0 Å². The Morgan fingerprint density at radius 2 is 2.17 bits per heavy atom. The van der Waals surface area contributed by atoms with Gasteiger partial charge < -0.3 is 4.74 Å². The van der Waals surface area contributed by atoms with Crippen LogP contribution in [0, 0.1) is 12.8 Å². The van der Waals surface area contributed by atoms with E-state index in [0.717, 1.165) is 12.1 Å². The van der Waals surface area contributed by atoms with Crippen LogP contribution in [-0.2, 0) is 0 Å². The molecule has 1 aromatic rings. The molecule has 1 atom stereocenters. The molecule has 5 heteroatoms. The first-order valence-corrected chi connectivity index (χ1v) is 6.64. The van der Waals surface area contributed by atoms with E-state index in [-0.39, 0.29) is 0 Å². The Kier molecular flexibility index (Phi) is 6.43. The van der Waals surface area contributed by atoms with Crippen molar-refractivity contribution in [3.05, 3.63) is 11.8 Å². The minimum atomic E-state index is 0.395. The zero-order chi connectivity index (χ0) is 13.4. The fraction of sp³-hybridized carbons (Fsp3) is 0.692. The molecular formula is C13H24N4O. The normalized spacial score (nSPS) is 12.2. The first-order valence-electron chi connectivity index (χ1n) is 6.64. The Labute approximate surface area is 109 Å². The van der Waals surface area contributed by atoms with Crippen LogP contribution in [0.15, 0.2) is 6.07 Å². The van der Waals surface area contributed by atoms with Gasteiger partial charge in [0, 0.05) is 11.8 Å².